The van der Waals surface area contributed by atoms with Crippen molar-refractivity contribution < 1.29 is 14.7 Å². The molecular weight excluding hydrogens is 383 g/mol. The summed E-state index contributed by atoms with van der Waals surface area (Å²) in [5.41, 5.74) is 0.513. The number of carbonyl (C=O) groups excluding carboxylic acids is 2. The highest BCUT2D eigenvalue weighted by molar-refractivity contribution is 14.1. The molecule has 2 N–H and O–H groups in total. The Hall–Kier alpha value is -1.28. The lowest BCUT2D eigenvalue weighted by Crippen LogP contribution is -2.30. The predicted octanol–water partition coefficient (Wildman–Crippen LogP) is 2.56. The van der Waals surface area contributed by atoms with Gasteiger partial charge in [-0.15, -0.1) is 0 Å². The van der Waals surface area contributed by atoms with Gasteiger partial charge < -0.3 is 10.4 Å². The smallest absolute Gasteiger partial charge is 0.328 e. The Morgan fingerprint density at radius 3 is 2.74 bits per heavy atom. The first-order valence-corrected chi connectivity index (χ1v) is 6.92. The average molecular weight is 393 g/mol. The predicted molar refractivity (Wildman–Crippen MR) is 79.7 cm³/mol. The summed E-state index contributed by atoms with van der Waals surface area (Å²) >= 11 is 7.84. The summed E-state index contributed by atoms with van der Waals surface area (Å²) in [6.07, 6.45) is 1.42. The third-order valence-corrected chi connectivity index (χ3v) is 3.68. The molecule has 0 radical (unpaired) electrons. The fourth-order valence-corrected chi connectivity index (χ4v) is 2.77. The van der Waals surface area contributed by atoms with Crippen molar-refractivity contribution in [3.05, 3.63) is 32.0 Å². The Morgan fingerprint density at radius 2 is 2.16 bits per heavy atom. The fourth-order valence-electron chi connectivity index (χ4n) is 1.71. The number of aromatic hydroxyl groups is 1. The molecule has 1 aliphatic heterocycles. The van der Waals surface area contributed by atoms with Crippen molar-refractivity contribution in [3.63, 3.8) is 0 Å². The maximum Gasteiger partial charge on any atom is 0.328 e. The van der Waals surface area contributed by atoms with Gasteiger partial charge in [-0.1, -0.05) is 11.6 Å². The van der Waals surface area contributed by atoms with Crippen LogP contribution in [0.5, 0.6) is 5.75 Å². The second-order valence-corrected chi connectivity index (χ2v) is 5.46. The molecule has 0 unspecified atom stereocenters. The summed E-state index contributed by atoms with van der Waals surface area (Å²) in [5.74, 6) is -0.392. The first kappa shape index (κ1) is 14.1. The summed E-state index contributed by atoms with van der Waals surface area (Å²) in [4.78, 5) is 24.5. The van der Waals surface area contributed by atoms with Gasteiger partial charge in [-0.05, 0) is 47.7 Å². The summed E-state index contributed by atoms with van der Waals surface area (Å²) in [5, 5.41) is 12.8. The number of hydrogen-bond acceptors (Lipinski definition) is 3. The van der Waals surface area contributed by atoms with Crippen LogP contribution in [-0.4, -0.2) is 28.5 Å². The summed E-state index contributed by atoms with van der Waals surface area (Å²) < 4.78 is 0.570. The second kappa shape index (κ2) is 5.38. The summed E-state index contributed by atoms with van der Waals surface area (Å²) in [6.45, 7) is 2.00. The van der Waals surface area contributed by atoms with E-state index in [-0.39, 0.29) is 11.4 Å². The minimum absolute atomic E-state index is 0.0227. The lowest BCUT2D eigenvalue weighted by atomic mass is 10.1. The van der Waals surface area contributed by atoms with Gasteiger partial charge in [-0.25, -0.2) is 4.79 Å². The maximum atomic E-state index is 11.9. The molecule has 1 aromatic rings. The van der Waals surface area contributed by atoms with Crippen molar-refractivity contribution in [1.29, 1.82) is 0 Å². The van der Waals surface area contributed by atoms with Crippen LogP contribution in [0, 0.1) is 3.57 Å². The van der Waals surface area contributed by atoms with Gasteiger partial charge in [0.25, 0.3) is 5.91 Å². The van der Waals surface area contributed by atoms with Gasteiger partial charge in [0, 0.05) is 17.1 Å². The van der Waals surface area contributed by atoms with Gasteiger partial charge in [0.15, 0.2) is 0 Å². The molecule has 0 aromatic heterocycles. The van der Waals surface area contributed by atoms with Crippen LogP contribution in [-0.2, 0) is 4.79 Å². The number of amides is 3. The van der Waals surface area contributed by atoms with Crippen molar-refractivity contribution in [1.82, 2.24) is 10.2 Å². The molecule has 0 saturated carbocycles. The van der Waals surface area contributed by atoms with E-state index in [9.17, 15) is 14.7 Å². The van der Waals surface area contributed by atoms with Crippen LogP contribution in [0.25, 0.3) is 6.08 Å². The van der Waals surface area contributed by atoms with Gasteiger partial charge in [0.2, 0.25) is 0 Å². The van der Waals surface area contributed by atoms with Crippen LogP contribution in [0.1, 0.15) is 12.5 Å². The van der Waals surface area contributed by atoms with Crippen LogP contribution in [0.2, 0.25) is 5.02 Å². The maximum absolute atomic E-state index is 11.9. The minimum Gasteiger partial charge on any atom is -0.506 e. The SMILES string of the molecule is CCN1C(=O)N/C(=C/c2cc(Cl)cc(I)c2O)C1=O. The van der Waals surface area contributed by atoms with Gasteiger partial charge in [-0.3, -0.25) is 9.69 Å². The Labute approximate surface area is 128 Å². The lowest BCUT2D eigenvalue weighted by molar-refractivity contribution is -0.122. The number of hydrogen-bond donors (Lipinski definition) is 2. The number of likely N-dealkylation sites (N-methyl/N-ethyl adjacent to an activating group) is 1. The highest BCUT2D eigenvalue weighted by Crippen LogP contribution is 2.30. The number of nitrogens with one attached hydrogen (secondary N) is 1. The number of rotatable bonds is 2. The molecule has 7 heteroatoms. The third-order valence-electron chi connectivity index (χ3n) is 2.64. The van der Waals surface area contributed by atoms with Crippen LogP contribution < -0.4 is 5.32 Å². The van der Waals surface area contributed by atoms with Crippen LogP contribution in [0.4, 0.5) is 4.79 Å². The molecule has 19 heavy (non-hydrogen) atoms. The van der Waals surface area contributed by atoms with Crippen LogP contribution in [0.3, 0.4) is 0 Å². The Balaban J connectivity index is 2.43. The van der Waals surface area contributed by atoms with Gasteiger partial charge in [-0.2, -0.15) is 0 Å². The molecule has 2 rings (SSSR count). The van der Waals surface area contributed by atoms with Crippen LogP contribution >= 0.6 is 34.2 Å². The highest BCUT2D eigenvalue weighted by atomic mass is 127. The third kappa shape index (κ3) is 2.69. The van der Waals surface area contributed by atoms with Crippen LogP contribution in [0.15, 0.2) is 17.8 Å². The first-order valence-electron chi connectivity index (χ1n) is 5.46. The van der Waals surface area contributed by atoms with E-state index >= 15 is 0 Å². The largest absolute Gasteiger partial charge is 0.506 e. The minimum atomic E-state index is -0.463. The molecule has 1 fully saturated rings. The molecule has 1 aromatic carbocycles. The zero-order chi connectivity index (χ0) is 14.2. The first-order chi connectivity index (χ1) is 8.93. The zero-order valence-corrected chi connectivity index (χ0v) is 12.8. The summed E-state index contributed by atoms with van der Waals surface area (Å²) in [6, 6.07) is 2.67. The number of carbonyl (C=O) groups is 2. The molecular formula is C12H10ClIN2O3. The van der Waals surface area contributed by atoms with Crippen molar-refractivity contribution >= 4 is 52.2 Å². The van der Waals surface area contributed by atoms with Crippen molar-refractivity contribution in [2.45, 2.75) is 6.92 Å². The molecule has 3 amide bonds. The van der Waals surface area contributed by atoms with E-state index in [1.165, 1.54) is 12.1 Å². The molecule has 0 bridgehead atoms. The van der Waals surface area contributed by atoms with E-state index in [4.69, 9.17) is 11.6 Å². The Morgan fingerprint density at radius 1 is 1.47 bits per heavy atom. The van der Waals surface area contributed by atoms with Gasteiger partial charge in [0.05, 0.1) is 3.57 Å². The van der Waals surface area contributed by atoms with E-state index in [0.29, 0.717) is 20.7 Å². The summed E-state index contributed by atoms with van der Waals surface area (Å²) in [7, 11) is 0. The molecule has 0 spiro atoms. The number of halogens is 2. The number of urea groups is 1. The number of phenolic OH excluding ortho intramolecular Hbond substituents is 1. The Bertz CT molecular complexity index is 601. The fraction of sp³-hybridized carbons (Fsp3) is 0.167. The number of phenols is 1. The van der Waals surface area contributed by atoms with E-state index in [0.717, 1.165) is 4.90 Å². The zero-order valence-electron chi connectivity index (χ0n) is 9.91. The topological polar surface area (TPSA) is 69.6 Å². The van der Waals surface area contributed by atoms with E-state index in [1.54, 1.807) is 13.0 Å². The highest BCUT2D eigenvalue weighted by Gasteiger charge is 2.32. The molecule has 1 aliphatic rings. The van der Waals surface area contributed by atoms with Crippen molar-refractivity contribution in [3.8, 4) is 5.75 Å². The molecule has 5 nitrogen and oxygen atoms in total. The normalized spacial score (nSPS) is 17.2. The van der Waals surface area contributed by atoms with Gasteiger partial charge >= 0.3 is 6.03 Å². The van der Waals surface area contributed by atoms with E-state index in [1.807, 2.05) is 22.6 Å². The molecule has 100 valence electrons. The second-order valence-electron chi connectivity index (χ2n) is 3.86. The standard InChI is InChI=1S/C12H10ClIN2O3/c1-2-16-11(18)9(15-12(16)19)4-6-3-7(13)5-8(14)10(6)17/h3-5,17H,2H2,1H3,(H,15,19)/b9-4+. The molecule has 1 heterocycles. The Kier molecular flexibility index (Phi) is 4.00. The number of imide groups is 1. The molecule has 0 aliphatic carbocycles. The molecule has 0 atom stereocenters. The molecule has 1 saturated heterocycles. The van der Waals surface area contributed by atoms with Crippen molar-refractivity contribution in [2.75, 3.05) is 6.54 Å². The average Bonchev–Trinajstić information content (AvgIpc) is 2.60. The number of benzene rings is 1. The number of nitrogens with zero attached hydrogens (tertiary/aromatic N) is 1. The van der Waals surface area contributed by atoms with E-state index in [2.05, 4.69) is 5.32 Å². The van der Waals surface area contributed by atoms with Crippen molar-refractivity contribution in [2.24, 2.45) is 0 Å². The quantitative estimate of drug-likeness (QED) is 0.462. The lowest BCUT2D eigenvalue weighted by Gasteiger charge is -2.06. The monoisotopic (exact) mass is 392 g/mol. The van der Waals surface area contributed by atoms with E-state index < -0.39 is 11.9 Å². The van der Waals surface area contributed by atoms with Gasteiger partial charge in [0.1, 0.15) is 11.4 Å².